The van der Waals surface area contributed by atoms with Crippen LogP contribution in [0.2, 0.25) is 0 Å². The van der Waals surface area contributed by atoms with Crippen molar-refractivity contribution in [2.45, 2.75) is 25.0 Å². The van der Waals surface area contributed by atoms with Gasteiger partial charge in [0.15, 0.2) is 0 Å². The van der Waals surface area contributed by atoms with E-state index in [0.717, 1.165) is 30.2 Å². The highest BCUT2D eigenvalue weighted by Crippen LogP contribution is 2.51. The molecule has 5 nitrogen and oxygen atoms in total. The predicted molar refractivity (Wildman–Crippen MR) is 61.1 cm³/mol. The summed E-state index contributed by atoms with van der Waals surface area (Å²) in [6, 6.07) is 0. The number of carboxylic acids is 1. The Kier molecular flexibility index (Phi) is 3.18. The smallest absolute Gasteiger partial charge is 0.303 e. The van der Waals surface area contributed by atoms with Crippen LogP contribution in [0.3, 0.4) is 0 Å². The number of aliphatic carboxylic acids is 1. The molecule has 6 heteroatoms. The number of hydrogen-bond donors (Lipinski definition) is 1. The topological polar surface area (TPSA) is 68.0 Å². The molecule has 0 amide bonds. The summed E-state index contributed by atoms with van der Waals surface area (Å²) < 4.78 is 1.75. The molecule has 1 aliphatic rings. The lowest BCUT2D eigenvalue weighted by Crippen LogP contribution is -2.11. The SMILES string of the molecule is Cn1ncnc1CSCC1(CC(=O)O)CC1. The summed E-state index contributed by atoms with van der Waals surface area (Å²) in [5.74, 6) is 1.97. The number of aromatic nitrogens is 3. The number of thioether (sulfide) groups is 1. The van der Waals surface area contributed by atoms with Gasteiger partial charge in [-0.05, 0) is 24.0 Å². The Balaban J connectivity index is 1.76. The van der Waals surface area contributed by atoms with Crippen molar-refractivity contribution in [1.82, 2.24) is 14.8 Å². The average molecular weight is 241 g/mol. The zero-order valence-corrected chi connectivity index (χ0v) is 10.0. The van der Waals surface area contributed by atoms with Crippen molar-refractivity contribution in [1.29, 1.82) is 0 Å². The molecule has 2 rings (SSSR count). The Bertz CT molecular complexity index is 387. The normalized spacial score (nSPS) is 17.3. The third-order valence-corrected chi connectivity index (χ3v) is 4.21. The van der Waals surface area contributed by atoms with Crippen LogP contribution in [-0.4, -0.2) is 31.6 Å². The standard InChI is InChI=1S/C10H15N3O2S/c1-13-8(11-7-12-13)5-16-6-10(2-3-10)4-9(14)15/h7H,2-6H2,1H3,(H,14,15). The number of rotatable bonds is 6. The molecular weight excluding hydrogens is 226 g/mol. The van der Waals surface area contributed by atoms with E-state index in [9.17, 15) is 4.79 Å². The number of hydrogen-bond acceptors (Lipinski definition) is 4. The highest BCUT2D eigenvalue weighted by Gasteiger charge is 2.44. The van der Waals surface area contributed by atoms with Gasteiger partial charge in [0.05, 0.1) is 12.2 Å². The number of nitrogens with zero attached hydrogens (tertiary/aromatic N) is 3. The van der Waals surface area contributed by atoms with Crippen LogP contribution >= 0.6 is 11.8 Å². The van der Waals surface area contributed by atoms with Crippen molar-refractivity contribution < 1.29 is 9.90 Å². The van der Waals surface area contributed by atoms with E-state index < -0.39 is 5.97 Å². The van der Waals surface area contributed by atoms with Gasteiger partial charge in [-0.3, -0.25) is 9.48 Å². The highest BCUT2D eigenvalue weighted by molar-refractivity contribution is 7.98. The van der Waals surface area contributed by atoms with Crippen LogP contribution in [0.4, 0.5) is 0 Å². The van der Waals surface area contributed by atoms with Crippen molar-refractivity contribution in [2.24, 2.45) is 12.5 Å². The molecule has 0 aliphatic heterocycles. The fraction of sp³-hybridized carbons (Fsp3) is 0.700. The van der Waals surface area contributed by atoms with Gasteiger partial charge >= 0.3 is 5.97 Å². The zero-order valence-electron chi connectivity index (χ0n) is 9.22. The van der Waals surface area contributed by atoms with Crippen LogP contribution in [0, 0.1) is 5.41 Å². The summed E-state index contributed by atoms with van der Waals surface area (Å²) in [4.78, 5) is 14.8. The van der Waals surface area contributed by atoms with Gasteiger partial charge < -0.3 is 5.11 Å². The quantitative estimate of drug-likeness (QED) is 0.813. The summed E-state index contributed by atoms with van der Waals surface area (Å²) in [5, 5.41) is 12.8. The van der Waals surface area contributed by atoms with Crippen LogP contribution in [0.5, 0.6) is 0 Å². The molecule has 0 bridgehead atoms. The van der Waals surface area contributed by atoms with Crippen molar-refractivity contribution >= 4 is 17.7 Å². The maximum Gasteiger partial charge on any atom is 0.303 e. The van der Waals surface area contributed by atoms with Crippen molar-refractivity contribution in [3.8, 4) is 0 Å². The molecule has 0 saturated heterocycles. The second-order valence-corrected chi connectivity index (χ2v) is 5.35. The first kappa shape index (κ1) is 11.4. The lowest BCUT2D eigenvalue weighted by molar-refractivity contribution is -0.138. The van der Waals surface area contributed by atoms with E-state index in [4.69, 9.17) is 5.11 Å². The van der Waals surface area contributed by atoms with Gasteiger partial charge in [-0.15, -0.1) is 0 Å². The third kappa shape index (κ3) is 2.75. The lowest BCUT2D eigenvalue weighted by atomic mass is 10.1. The van der Waals surface area contributed by atoms with Crippen LogP contribution < -0.4 is 0 Å². The summed E-state index contributed by atoms with van der Waals surface area (Å²) in [6.07, 6.45) is 3.94. The molecule has 0 unspecified atom stereocenters. The van der Waals surface area contributed by atoms with E-state index in [2.05, 4.69) is 10.1 Å². The molecular formula is C10H15N3O2S. The number of aryl methyl sites for hydroxylation is 1. The summed E-state index contributed by atoms with van der Waals surface area (Å²) >= 11 is 1.75. The maximum atomic E-state index is 10.7. The maximum absolute atomic E-state index is 10.7. The van der Waals surface area contributed by atoms with Crippen LogP contribution in [0.1, 0.15) is 25.1 Å². The van der Waals surface area contributed by atoms with E-state index in [0.29, 0.717) is 6.42 Å². The van der Waals surface area contributed by atoms with Gasteiger partial charge in [-0.1, -0.05) is 0 Å². The van der Waals surface area contributed by atoms with E-state index in [1.807, 2.05) is 7.05 Å². The average Bonchev–Trinajstić information content (AvgIpc) is 2.82. The van der Waals surface area contributed by atoms with Crippen LogP contribution in [0.15, 0.2) is 6.33 Å². The van der Waals surface area contributed by atoms with Gasteiger partial charge in [0.2, 0.25) is 0 Å². The van der Waals surface area contributed by atoms with Gasteiger partial charge in [-0.25, -0.2) is 4.98 Å². The molecule has 88 valence electrons. The van der Waals surface area contributed by atoms with Crippen molar-refractivity contribution in [3.63, 3.8) is 0 Å². The third-order valence-electron chi connectivity index (χ3n) is 2.93. The molecule has 1 aromatic heterocycles. The molecule has 0 atom stereocenters. The second kappa shape index (κ2) is 4.45. The van der Waals surface area contributed by atoms with Crippen LogP contribution in [-0.2, 0) is 17.6 Å². The van der Waals surface area contributed by atoms with E-state index in [1.54, 1.807) is 22.8 Å². The fourth-order valence-electron chi connectivity index (χ4n) is 1.68. The van der Waals surface area contributed by atoms with Crippen LogP contribution in [0.25, 0.3) is 0 Å². The van der Waals surface area contributed by atoms with Gasteiger partial charge in [-0.2, -0.15) is 16.9 Å². The van der Waals surface area contributed by atoms with Crippen molar-refractivity contribution in [2.75, 3.05) is 5.75 Å². The predicted octanol–water partition coefficient (Wildman–Crippen LogP) is 1.30. The highest BCUT2D eigenvalue weighted by atomic mass is 32.2. The second-order valence-electron chi connectivity index (χ2n) is 4.36. The summed E-state index contributed by atoms with van der Waals surface area (Å²) in [5.41, 5.74) is 0.0646. The van der Waals surface area contributed by atoms with Gasteiger partial charge in [0, 0.05) is 7.05 Å². The Labute approximate surface area is 98.3 Å². The zero-order chi connectivity index (χ0) is 11.6. The van der Waals surface area contributed by atoms with E-state index >= 15 is 0 Å². The van der Waals surface area contributed by atoms with Gasteiger partial charge in [0.1, 0.15) is 12.2 Å². The minimum absolute atomic E-state index is 0.0646. The Morgan fingerprint density at radius 1 is 1.69 bits per heavy atom. The Morgan fingerprint density at radius 3 is 2.94 bits per heavy atom. The first-order chi connectivity index (χ1) is 7.61. The lowest BCUT2D eigenvalue weighted by Gasteiger charge is -2.11. The molecule has 0 spiro atoms. The largest absolute Gasteiger partial charge is 0.481 e. The van der Waals surface area contributed by atoms with E-state index in [1.165, 1.54) is 0 Å². The first-order valence-corrected chi connectivity index (χ1v) is 6.39. The molecule has 1 aliphatic carbocycles. The molecule has 1 heterocycles. The first-order valence-electron chi connectivity index (χ1n) is 5.24. The van der Waals surface area contributed by atoms with E-state index in [-0.39, 0.29) is 5.41 Å². The monoisotopic (exact) mass is 241 g/mol. The molecule has 16 heavy (non-hydrogen) atoms. The molecule has 1 aromatic rings. The Hall–Kier alpha value is -1.04. The van der Waals surface area contributed by atoms with Gasteiger partial charge in [0.25, 0.3) is 0 Å². The molecule has 0 radical (unpaired) electrons. The summed E-state index contributed by atoms with van der Waals surface area (Å²) in [7, 11) is 1.87. The fourth-order valence-corrected chi connectivity index (χ4v) is 3.05. The number of carbonyl (C=O) groups is 1. The molecule has 1 saturated carbocycles. The minimum atomic E-state index is -0.684. The molecule has 1 N–H and O–H groups in total. The summed E-state index contributed by atoms with van der Waals surface area (Å²) in [6.45, 7) is 0. The van der Waals surface area contributed by atoms with Crippen molar-refractivity contribution in [3.05, 3.63) is 12.2 Å². The minimum Gasteiger partial charge on any atom is -0.481 e. The Morgan fingerprint density at radius 2 is 2.44 bits per heavy atom. The number of carboxylic acid groups (broad SMARTS) is 1. The molecule has 0 aromatic carbocycles. The molecule has 1 fully saturated rings.